The average molecular weight is 412 g/mol. The van der Waals surface area contributed by atoms with Gasteiger partial charge in [0.05, 0.1) is 11.6 Å². The molecule has 1 saturated heterocycles. The smallest absolute Gasteiger partial charge is 0.161 e. The van der Waals surface area contributed by atoms with E-state index in [1.807, 2.05) is 18.2 Å². The molecule has 3 aromatic rings. The van der Waals surface area contributed by atoms with Crippen molar-refractivity contribution in [2.45, 2.75) is 18.9 Å². The van der Waals surface area contributed by atoms with E-state index >= 15 is 0 Å². The van der Waals surface area contributed by atoms with Gasteiger partial charge in [-0.1, -0.05) is 22.0 Å². The first-order valence-electron chi connectivity index (χ1n) is 8.86. The molecule has 1 aromatic heterocycles. The molecule has 5 nitrogen and oxygen atoms in total. The van der Waals surface area contributed by atoms with Gasteiger partial charge in [-0.3, -0.25) is 0 Å². The lowest BCUT2D eigenvalue weighted by molar-refractivity contribution is 0.171. The zero-order chi connectivity index (χ0) is 17.5. The molecule has 1 unspecified atom stereocenters. The van der Waals surface area contributed by atoms with E-state index in [0.717, 1.165) is 52.1 Å². The molecule has 26 heavy (non-hydrogen) atoms. The molecule has 3 heterocycles. The highest BCUT2D eigenvalue weighted by Gasteiger charge is 2.29. The molecule has 0 radical (unpaired) electrons. The summed E-state index contributed by atoms with van der Waals surface area (Å²) in [6.07, 6.45) is 3.89. The minimum absolute atomic E-state index is 0.280. The van der Waals surface area contributed by atoms with E-state index in [0.29, 0.717) is 13.2 Å². The molecule has 2 aromatic carbocycles. The first-order chi connectivity index (χ1) is 12.8. The minimum atomic E-state index is 0.280. The second-order valence-corrected chi connectivity index (χ2v) is 7.53. The van der Waals surface area contributed by atoms with Crippen LogP contribution in [0.15, 0.2) is 47.2 Å². The fourth-order valence-electron chi connectivity index (χ4n) is 3.88. The van der Waals surface area contributed by atoms with Crippen LogP contribution in [-0.4, -0.2) is 29.7 Å². The molecule has 2 aliphatic heterocycles. The van der Waals surface area contributed by atoms with Crippen LogP contribution in [0.1, 0.15) is 24.4 Å². The van der Waals surface area contributed by atoms with Gasteiger partial charge < -0.3 is 14.4 Å². The van der Waals surface area contributed by atoms with Crippen molar-refractivity contribution in [1.29, 1.82) is 0 Å². The van der Waals surface area contributed by atoms with Crippen molar-refractivity contribution in [3.05, 3.63) is 52.8 Å². The maximum atomic E-state index is 5.78. The van der Waals surface area contributed by atoms with Crippen LogP contribution in [0.25, 0.3) is 10.9 Å². The Bertz CT molecular complexity index is 978. The number of anilines is 1. The van der Waals surface area contributed by atoms with Crippen LogP contribution < -0.4 is 14.4 Å². The fourth-order valence-corrected chi connectivity index (χ4v) is 4.24. The molecule has 6 heteroatoms. The molecule has 0 N–H and O–H groups in total. The minimum Gasteiger partial charge on any atom is -0.486 e. The van der Waals surface area contributed by atoms with E-state index < -0.39 is 0 Å². The standard InChI is InChI=1S/C20H18BrN3O2/c21-14-4-5-16-15(11-14)20(23-12-22-16)24-7-1-2-17(24)13-3-6-18-19(10-13)26-9-8-25-18/h3-6,10-12,17H,1-2,7-9H2. The number of ether oxygens (including phenoxy) is 2. The normalized spacial score (nSPS) is 19.1. The van der Waals surface area contributed by atoms with Crippen LogP contribution in [-0.2, 0) is 0 Å². The van der Waals surface area contributed by atoms with Crippen LogP contribution in [0.4, 0.5) is 5.82 Å². The Kier molecular flexibility index (Phi) is 3.93. The van der Waals surface area contributed by atoms with E-state index in [4.69, 9.17) is 9.47 Å². The topological polar surface area (TPSA) is 47.5 Å². The number of aromatic nitrogens is 2. The first-order valence-corrected chi connectivity index (χ1v) is 9.65. The van der Waals surface area contributed by atoms with E-state index in [9.17, 15) is 0 Å². The van der Waals surface area contributed by atoms with Crippen LogP contribution >= 0.6 is 15.9 Å². The van der Waals surface area contributed by atoms with Gasteiger partial charge in [0.25, 0.3) is 0 Å². The maximum Gasteiger partial charge on any atom is 0.161 e. The Morgan fingerprint density at radius 2 is 1.88 bits per heavy atom. The molecule has 0 amide bonds. The van der Waals surface area contributed by atoms with Gasteiger partial charge in [-0.05, 0) is 48.7 Å². The summed E-state index contributed by atoms with van der Waals surface area (Å²) >= 11 is 3.57. The van der Waals surface area contributed by atoms with Gasteiger partial charge >= 0.3 is 0 Å². The van der Waals surface area contributed by atoms with Gasteiger partial charge in [0.2, 0.25) is 0 Å². The van der Waals surface area contributed by atoms with Crippen molar-refractivity contribution >= 4 is 32.7 Å². The Hall–Kier alpha value is -2.34. The zero-order valence-electron chi connectivity index (χ0n) is 14.2. The first kappa shape index (κ1) is 15.9. The average Bonchev–Trinajstić information content (AvgIpc) is 3.16. The third kappa shape index (κ3) is 2.69. The number of hydrogen-bond acceptors (Lipinski definition) is 5. The molecule has 132 valence electrons. The summed E-state index contributed by atoms with van der Waals surface area (Å²) in [5, 5.41) is 1.08. The molecule has 1 atom stereocenters. The van der Waals surface area contributed by atoms with Gasteiger partial charge in [0.1, 0.15) is 25.4 Å². The molecule has 0 bridgehead atoms. The van der Waals surface area contributed by atoms with Gasteiger partial charge in [-0.15, -0.1) is 0 Å². The molecule has 2 aliphatic rings. The van der Waals surface area contributed by atoms with Crippen LogP contribution in [0.2, 0.25) is 0 Å². The molecule has 1 fully saturated rings. The summed E-state index contributed by atoms with van der Waals surface area (Å²) in [6, 6.07) is 12.7. The lowest BCUT2D eigenvalue weighted by atomic mass is 10.0. The third-order valence-corrected chi connectivity index (χ3v) is 5.55. The van der Waals surface area contributed by atoms with Crippen molar-refractivity contribution in [3.63, 3.8) is 0 Å². The van der Waals surface area contributed by atoms with Gasteiger partial charge in [0, 0.05) is 16.4 Å². The van der Waals surface area contributed by atoms with Gasteiger partial charge in [-0.25, -0.2) is 9.97 Å². The number of nitrogens with zero attached hydrogens (tertiary/aromatic N) is 3. The van der Waals surface area contributed by atoms with Crippen molar-refractivity contribution in [3.8, 4) is 11.5 Å². The summed E-state index contributed by atoms with van der Waals surface area (Å²) < 4.78 is 12.5. The lowest BCUT2D eigenvalue weighted by Gasteiger charge is -2.28. The van der Waals surface area contributed by atoms with Crippen molar-refractivity contribution < 1.29 is 9.47 Å². The summed E-state index contributed by atoms with van der Waals surface area (Å²) in [4.78, 5) is 11.4. The Labute approximate surface area is 160 Å². The molecular formula is C20H18BrN3O2. The van der Waals surface area contributed by atoms with E-state index in [-0.39, 0.29) is 6.04 Å². The highest BCUT2D eigenvalue weighted by atomic mass is 79.9. The molecule has 0 saturated carbocycles. The number of halogens is 1. The predicted octanol–water partition coefficient (Wildman–Crippen LogP) is 4.51. The third-order valence-electron chi connectivity index (χ3n) is 5.05. The SMILES string of the molecule is Brc1ccc2ncnc(N3CCCC3c3ccc4c(c3)OCCO4)c2c1. The van der Waals surface area contributed by atoms with Crippen LogP contribution in [0, 0.1) is 0 Å². The largest absolute Gasteiger partial charge is 0.486 e. The monoisotopic (exact) mass is 411 g/mol. The highest BCUT2D eigenvalue weighted by Crippen LogP contribution is 2.41. The Morgan fingerprint density at radius 1 is 1.00 bits per heavy atom. The van der Waals surface area contributed by atoms with Crippen molar-refractivity contribution in [1.82, 2.24) is 9.97 Å². The molecule has 0 aliphatic carbocycles. The van der Waals surface area contributed by atoms with E-state index in [1.165, 1.54) is 5.56 Å². The summed E-state index contributed by atoms with van der Waals surface area (Å²) in [5.41, 5.74) is 2.21. The number of benzene rings is 2. The maximum absolute atomic E-state index is 5.78. The second-order valence-electron chi connectivity index (χ2n) is 6.61. The molecule has 0 spiro atoms. The lowest BCUT2D eigenvalue weighted by Crippen LogP contribution is -2.24. The number of rotatable bonds is 2. The summed E-state index contributed by atoms with van der Waals surface area (Å²) in [7, 11) is 0. The summed E-state index contributed by atoms with van der Waals surface area (Å²) in [5.74, 6) is 2.67. The fraction of sp³-hybridized carbons (Fsp3) is 0.300. The predicted molar refractivity (Wildman–Crippen MR) is 104 cm³/mol. The van der Waals surface area contributed by atoms with Crippen LogP contribution in [0.3, 0.4) is 0 Å². The summed E-state index contributed by atoms with van der Waals surface area (Å²) in [6.45, 7) is 2.21. The Morgan fingerprint density at radius 3 is 2.81 bits per heavy atom. The van der Waals surface area contributed by atoms with Gasteiger partial charge in [0.15, 0.2) is 11.5 Å². The molecule has 5 rings (SSSR count). The van der Waals surface area contributed by atoms with E-state index in [2.05, 4.69) is 49.0 Å². The van der Waals surface area contributed by atoms with Crippen LogP contribution in [0.5, 0.6) is 11.5 Å². The Balaban J connectivity index is 1.57. The number of fused-ring (bicyclic) bond motifs is 2. The molecular weight excluding hydrogens is 394 g/mol. The zero-order valence-corrected chi connectivity index (χ0v) is 15.8. The van der Waals surface area contributed by atoms with Gasteiger partial charge in [-0.2, -0.15) is 0 Å². The quantitative estimate of drug-likeness (QED) is 0.620. The number of hydrogen-bond donors (Lipinski definition) is 0. The van der Waals surface area contributed by atoms with Crippen molar-refractivity contribution in [2.24, 2.45) is 0 Å². The second kappa shape index (κ2) is 6.43. The van der Waals surface area contributed by atoms with Crippen molar-refractivity contribution in [2.75, 3.05) is 24.7 Å². The van der Waals surface area contributed by atoms with E-state index in [1.54, 1.807) is 6.33 Å². The highest BCUT2D eigenvalue weighted by molar-refractivity contribution is 9.10.